The molecule has 4 rings (SSSR count). The normalized spacial score (nSPS) is 19.2. The molecule has 1 aliphatic heterocycles. The zero-order valence-electron chi connectivity index (χ0n) is 18.1. The predicted molar refractivity (Wildman–Crippen MR) is 128 cm³/mol. The first-order chi connectivity index (χ1) is 15.5. The van der Waals surface area contributed by atoms with E-state index in [0.717, 1.165) is 43.4 Å². The van der Waals surface area contributed by atoms with E-state index >= 15 is 0 Å². The third-order valence-corrected chi connectivity index (χ3v) is 7.20. The number of ether oxygens (including phenoxy) is 2. The van der Waals surface area contributed by atoms with Gasteiger partial charge in [0, 0.05) is 30.0 Å². The van der Waals surface area contributed by atoms with Crippen molar-refractivity contribution in [2.45, 2.75) is 36.2 Å². The Kier molecular flexibility index (Phi) is 7.30. The minimum absolute atomic E-state index is 0.0318. The Hall–Kier alpha value is -2.20. The van der Waals surface area contributed by atoms with E-state index in [1.807, 2.05) is 0 Å². The topological polar surface area (TPSA) is 64.8 Å². The Morgan fingerprint density at radius 3 is 2.91 bits per heavy atom. The van der Waals surface area contributed by atoms with Gasteiger partial charge in [0.05, 0.1) is 29.0 Å². The molecule has 2 heterocycles. The molecule has 1 fully saturated rings. The molecule has 0 amide bonds. The van der Waals surface area contributed by atoms with Gasteiger partial charge in [-0.05, 0) is 57.0 Å². The summed E-state index contributed by atoms with van der Waals surface area (Å²) in [7, 11) is 1.55. The van der Waals surface area contributed by atoms with E-state index in [1.54, 1.807) is 31.4 Å². The molecule has 2 unspecified atom stereocenters. The van der Waals surface area contributed by atoms with Crippen molar-refractivity contribution >= 4 is 39.3 Å². The molecule has 6 nitrogen and oxygen atoms in total. The average Bonchev–Trinajstić information content (AvgIpc) is 3.20. The highest BCUT2D eigenvalue weighted by Gasteiger charge is 2.30. The van der Waals surface area contributed by atoms with Crippen LogP contribution in [0.1, 0.15) is 48.2 Å². The second kappa shape index (κ2) is 10.2. The number of nitrogens with zero attached hydrogens (tertiary/aromatic N) is 2. The molecule has 0 N–H and O–H groups in total. The summed E-state index contributed by atoms with van der Waals surface area (Å²) < 4.78 is 30.3. The van der Waals surface area contributed by atoms with Crippen LogP contribution < -0.4 is 9.47 Å². The SMILES string of the molecule is COc1cc(OCCCN2CCC(c3noc4cc(F)ccc34)CC2I)ccc1C(C)=O. The molecule has 1 saturated heterocycles. The van der Waals surface area contributed by atoms with Gasteiger partial charge in [-0.2, -0.15) is 0 Å². The molecule has 2 atom stereocenters. The fourth-order valence-corrected chi connectivity index (χ4v) is 5.37. The Balaban J connectivity index is 1.27. The summed E-state index contributed by atoms with van der Waals surface area (Å²) in [5, 5.41) is 5.16. The van der Waals surface area contributed by atoms with E-state index in [1.165, 1.54) is 19.1 Å². The number of carbonyl (C=O) groups excluding carboxylic acids is 1. The lowest BCUT2D eigenvalue weighted by Gasteiger charge is -2.36. The first kappa shape index (κ1) is 23.0. The smallest absolute Gasteiger partial charge is 0.170 e. The van der Waals surface area contributed by atoms with Crippen molar-refractivity contribution in [2.24, 2.45) is 0 Å². The second-order valence-corrected chi connectivity index (χ2v) is 9.46. The fourth-order valence-electron chi connectivity index (χ4n) is 4.20. The molecule has 0 aliphatic carbocycles. The minimum atomic E-state index is -0.308. The summed E-state index contributed by atoms with van der Waals surface area (Å²) in [5.41, 5.74) is 2.01. The lowest BCUT2D eigenvalue weighted by Crippen LogP contribution is -2.39. The lowest BCUT2D eigenvalue weighted by atomic mass is 9.91. The minimum Gasteiger partial charge on any atom is -0.496 e. The van der Waals surface area contributed by atoms with Crippen molar-refractivity contribution in [3.8, 4) is 11.5 Å². The second-order valence-electron chi connectivity index (χ2n) is 8.02. The number of hydrogen-bond acceptors (Lipinski definition) is 6. The van der Waals surface area contributed by atoms with Gasteiger partial charge in [-0.1, -0.05) is 27.7 Å². The number of halogens is 2. The Morgan fingerprint density at radius 2 is 2.16 bits per heavy atom. The van der Waals surface area contributed by atoms with Gasteiger partial charge in [0.25, 0.3) is 0 Å². The van der Waals surface area contributed by atoms with Crippen LogP contribution in [0.3, 0.4) is 0 Å². The molecule has 1 aromatic heterocycles. The Bertz CT molecular complexity index is 1100. The van der Waals surface area contributed by atoms with Crippen LogP contribution in [0.2, 0.25) is 0 Å². The third kappa shape index (κ3) is 5.06. The van der Waals surface area contributed by atoms with Crippen molar-refractivity contribution in [1.82, 2.24) is 10.1 Å². The van der Waals surface area contributed by atoms with Crippen LogP contribution in [0.5, 0.6) is 11.5 Å². The quantitative estimate of drug-likeness (QED) is 0.119. The summed E-state index contributed by atoms with van der Waals surface area (Å²) >= 11 is 2.49. The van der Waals surface area contributed by atoms with Crippen LogP contribution in [0.25, 0.3) is 11.0 Å². The molecule has 0 radical (unpaired) electrons. The third-order valence-electron chi connectivity index (χ3n) is 5.90. The van der Waals surface area contributed by atoms with Gasteiger partial charge in [-0.3, -0.25) is 9.69 Å². The average molecular weight is 552 g/mol. The van der Waals surface area contributed by atoms with Crippen LogP contribution in [0.4, 0.5) is 4.39 Å². The summed E-state index contributed by atoms with van der Waals surface area (Å²) in [6.07, 6.45) is 2.86. The number of fused-ring (bicyclic) bond motifs is 1. The number of carbonyl (C=O) groups is 1. The molecule has 1 aliphatic rings. The highest BCUT2D eigenvalue weighted by molar-refractivity contribution is 14.1. The number of benzene rings is 2. The van der Waals surface area contributed by atoms with Gasteiger partial charge < -0.3 is 14.0 Å². The predicted octanol–water partition coefficient (Wildman–Crippen LogP) is 5.59. The van der Waals surface area contributed by atoms with Crippen LogP contribution in [-0.2, 0) is 0 Å². The standard InChI is InChI=1S/C24H26FIN2O4/c1-15(29)19-7-5-18(14-21(19)30-2)31-11-3-9-28-10-8-16(12-23(28)26)24-20-6-4-17(25)13-22(20)32-27-24/h4-7,13-14,16,23H,3,8-12H2,1-2H3. The van der Waals surface area contributed by atoms with Gasteiger partial charge in [0.1, 0.15) is 17.3 Å². The van der Waals surface area contributed by atoms with Crippen molar-refractivity contribution in [3.05, 3.63) is 53.5 Å². The Labute approximate surface area is 200 Å². The maximum atomic E-state index is 13.4. The molecular weight excluding hydrogens is 526 g/mol. The molecule has 170 valence electrons. The van der Waals surface area contributed by atoms with Crippen LogP contribution in [0.15, 0.2) is 40.9 Å². The highest BCUT2D eigenvalue weighted by Crippen LogP contribution is 2.37. The van der Waals surface area contributed by atoms with E-state index in [4.69, 9.17) is 14.0 Å². The van der Waals surface area contributed by atoms with E-state index < -0.39 is 0 Å². The van der Waals surface area contributed by atoms with Gasteiger partial charge >= 0.3 is 0 Å². The van der Waals surface area contributed by atoms with Crippen LogP contribution >= 0.6 is 22.6 Å². The van der Waals surface area contributed by atoms with Crippen LogP contribution in [-0.4, -0.2) is 46.7 Å². The van der Waals surface area contributed by atoms with Gasteiger partial charge in [-0.25, -0.2) is 4.39 Å². The number of piperidine rings is 1. The van der Waals surface area contributed by atoms with E-state index in [9.17, 15) is 9.18 Å². The maximum absolute atomic E-state index is 13.4. The molecule has 3 aromatic rings. The molecular formula is C24H26FIN2O4. The number of aromatic nitrogens is 1. The number of ketones is 1. The van der Waals surface area contributed by atoms with Crippen molar-refractivity contribution in [2.75, 3.05) is 26.8 Å². The first-order valence-electron chi connectivity index (χ1n) is 10.7. The van der Waals surface area contributed by atoms with Gasteiger partial charge in [0.2, 0.25) is 0 Å². The molecule has 0 bridgehead atoms. The molecule has 0 spiro atoms. The van der Waals surface area contributed by atoms with E-state index in [2.05, 4.69) is 32.6 Å². The molecule has 32 heavy (non-hydrogen) atoms. The summed E-state index contributed by atoms with van der Waals surface area (Å²) in [6, 6.07) is 9.93. The van der Waals surface area contributed by atoms with Crippen LogP contribution in [0, 0.1) is 5.82 Å². The van der Waals surface area contributed by atoms with Crippen molar-refractivity contribution < 1.29 is 23.2 Å². The van der Waals surface area contributed by atoms with Gasteiger partial charge in [0.15, 0.2) is 11.4 Å². The number of likely N-dealkylation sites (tertiary alicyclic amines) is 1. The van der Waals surface area contributed by atoms with E-state index in [0.29, 0.717) is 39.2 Å². The summed E-state index contributed by atoms with van der Waals surface area (Å²) in [6.45, 7) is 4.01. The molecule has 2 aromatic carbocycles. The monoisotopic (exact) mass is 552 g/mol. The largest absolute Gasteiger partial charge is 0.496 e. The number of alkyl halides is 1. The number of rotatable bonds is 8. The Morgan fingerprint density at radius 1 is 1.31 bits per heavy atom. The van der Waals surface area contributed by atoms with Gasteiger partial charge in [-0.15, -0.1) is 0 Å². The number of Topliss-reactive ketones (excluding diaryl/α,β-unsaturated/α-hetero) is 1. The van der Waals surface area contributed by atoms with Crippen molar-refractivity contribution in [3.63, 3.8) is 0 Å². The zero-order valence-corrected chi connectivity index (χ0v) is 20.3. The molecule has 8 heteroatoms. The van der Waals surface area contributed by atoms with Crippen molar-refractivity contribution in [1.29, 1.82) is 0 Å². The zero-order chi connectivity index (χ0) is 22.7. The summed E-state index contributed by atoms with van der Waals surface area (Å²) in [4.78, 5) is 14.1. The first-order valence-corrected chi connectivity index (χ1v) is 12.0. The van der Waals surface area contributed by atoms with E-state index in [-0.39, 0.29) is 11.6 Å². The number of hydrogen-bond donors (Lipinski definition) is 0. The highest BCUT2D eigenvalue weighted by atomic mass is 127. The maximum Gasteiger partial charge on any atom is 0.170 e. The lowest BCUT2D eigenvalue weighted by molar-refractivity contribution is 0.101. The fraction of sp³-hybridized carbons (Fsp3) is 0.417. The summed E-state index contributed by atoms with van der Waals surface area (Å²) in [5.74, 6) is 1.20. The molecule has 0 saturated carbocycles. The number of methoxy groups -OCH3 is 1.